The number of ketones is 1. The van der Waals surface area contributed by atoms with Crippen LogP contribution in [0.2, 0.25) is 5.02 Å². The van der Waals surface area contributed by atoms with E-state index in [0.717, 1.165) is 0 Å². The van der Waals surface area contributed by atoms with Gasteiger partial charge in [-0.2, -0.15) is 13.2 Å². The van der Waals surface area contributed by atoms with Crippen molar-refractivity contribution in [2.45, 2.75) is 24.9 Å². The van der Waals surface area contributed by atoms with Crippen molar-refractivity contribution in [3.05, 3.63) is 64.7 Å². The highest BCUT2D eigenvalue weighted by atomic mass is 35.5. The van der Waals surface area contributed by atoms with Gasteiger partial charge in [-0.1, -0.05) is 23.7 Å². The van der Waals surface area contributed by atoms with E-state index < -0.39 is 35.7 Å². The minimum atomic E-state index is -5.33. The molecular weight excluding hydrogens is 425 g/mol. The van der Waals surface area contributed by atoms with E-state index in [9.17, 15) is 27.9 Å². The molecule has 1 heterocycles. The lowest BCUT2D eigenvalue weighted by atomic mass is 9.77. The molecule has 1 aliphatic heterocycles. The minimum Gasteiger partial charge on any atom is -0.494 e. The summed E-state index contributed by atoms with van der Waals surface area (Å²) in [4.78, 5) is 25.2. The summed E-state index contributed by atoms with van der Waals surface area (Å²) in [6.45, 7) is 2.04. The Labute approximate surface area is 175 Å². The van der Waals surface area contributed by atoms with Crippen molar-refractivity contribution in [1.29, 1.82) is 0 Å². The van der Waals surface area contributed by atoms with E-state index >= 15 is 0 Å². The van der Waals surface area contributed by atoms with Crippen molar-refractivity contribution in [2.75, 3.05) is 6.61 Å². The third kappa shape index (κ3) is 4.08. The van der Waals surface area contributed by atoms with Crippen LogP contribution in [0.1, 0.15) is 28.9 Å². The highest BCUT2D eigenvalue weighted by molar-refractivity contribution is 6.30. The van der Waals surface area contributed by atoms with Gasteiger partial charge in [-0.25, -0.2) is 4.79 Å². The molecule has 0 aliphatic carbocycles. The number of rotatable bonds is 5. The zero-order chi connectivity index (χ0) is 22.1. The monoisotopic (exact) mass is 442 g/mol. The van der Waals surface area contributed by atoms with Crippen LogP contribution in [0.4, 0.5) is 18.0 Å². The van der Waals surface area contributed by atoms with Crippen molar-refractivity contribution in [1.82, 2.24) is 10.6 Å². The second kappa shape index (κ2) is 8.16. The third-order valence-electron chi connectivity index (χ3n) is 4.75. The van der Waals surface area contributed by atoms with E-state index in [1.54, 1.807) is 13.0 Å². The summed E-state index contributed by atoms with van der Waals surface area (Å²) in [5.41, 5.74) is -3.72. The molecule has 2 aromatic carbocycles. The number of carbonyl (C=O) groups is 2. The quantitative estimate of drug-likeness (QED) is 0.614. The van der Waals surface area contributed by atoms with E-state index in [-0.39, 0.29) is 16.1 Å². The summed E-state index contributed by atoms with van der Waals surface area (Å²) in [6, 6.07) is 8.43. The molecule has 2 amide bonds. The topological polar surface area (TPSA) is 87.7 Å². The Bertz CT molecular complexity index is 952. The molecule has 0 saturated carbocycles. The molecular formula is C20H18ClF3N2O4. The number of halogens is 4. The fraction of sp³-hybridized carbons (Fsp3) is 0.300. The molecule has 0 radical (unpaired) electrons. The van der Waals surface area contributed by atoms with Crippen molar-refractivity contribution in [2.24, 2.45) is 5.92 Å². The van der Waals surface area contributed by atoms with Gasteiger partial charge in [0.05, 0.1) is 12.6 Å². The lowest BCUT2D eigenvalue weighted by Gasteiger charge is -2.45. The van der Waals surface area contributed by atoms with E-state index in [0.29, 0.717) is 12.4 Å². The van der Waals surface area contributed by atoms with E-state index in [2.05, 4.69) is 5.32 Å². The van der Waals surface area contributed by atoms with Crippen molar-refractivity contribution in [3.8, 4) is 5.75 Å². The molecule has 3 unspecified atom stereocenters. The van der Waals surface area contributed by atoms with Gasteiger partial charge in [0.25, 0.3) is 0 Å². The summed E-state index contributed by atoms with van der Waals surface area (Å²) < 4.78 is 47.0. The molecule has 2 aromatic rings. The molecule has 160 valence electrons. The number of carbonyl (C=O) groups excluding carboxylic acids is 2. The summed E-state index contributed by atoms with van der Waals surface area (Å²) in [5, 5.41) is 14.7. The van der Waals surface area contributed by atoms with Gasteiger partial charge in [0.1, 0.15) is 11.7 Å². The minimum absolute atomic E-state index is 0.101. The molecule has 10 heteroatoms. The largest absolute Gasteiger partial charge is 0.494 e. The Morgan fingerprint density at radius 1 is 1.23 bits per heavy atom. The van der Waals surface area contributed by atoms with E-state index in [4.69, 9.17) is 16.3 Å². The fourth-order valence-corrected chi connectivity index (χ4v) is 3.50. The van der Waals surface area contributed by atoms with Gasteiger partial charge in [-0.15, -0.1) is 0 Å². The van der Waals surface area contributed by atoms with Crippen LogP contribution >= 0.6 is 11.6 Å². The Hall–Kier alpha value is -2.78. The molecule has 3 rings (SSSR count). The molecule has 1 fully saturated rings. The Morgan fingerprint density at radius 3 is 2.50 bits per heavy atom. The predicted molar refractivity (Wildman–Crippen MR) is 102 cm³/mol. The molecule has 1 saturated heterocycles. The molecule has 1 aliphatic rings. The standard InChI is InChI=1S/C20H18ClF3N2O4/c1-2-30-14-5-3-4-12(10-14)16-15(17(27)11-6-8-13(21)9-7-11)19(29,20(22,23)24)26-18(28)25-16/h3-10,15-16,29H,2H2,1H3,(H2,25,26,28). The van der Waals surface area contributed by atoms with Crippen LogP contribution in [0.3, 0.4) is 0 Å². The maximum absolute atomic E-state index is 13.9. The molecule has 3 atom stereocenters. The van der Waals surface area contributed by atoms with Gasteiger partial charge in [0.2, 0.25) is 5.72 Å². The number of benzene rings is 2. The molecule has 6 nitrogen and oxygen atoms in total. The fourth-order valence-electron chi connectivity index (χ4n) is 3.37. The maximum Gasteiger partial charge on any atom is 0.437 e. The Morgan fingerprint density at radius 2 is 1.90 bits per heavy atom. The number of amides is 2. The number of ether oxygens (including phenoxy) is 1. The highest BCUT2D eigenvalue weighted by Gasteiger charge is 2.66. The lowest BCUT2D eigenvalue weighted by molar-refractivity contribution is -0.287. The predicted octanol–water partition coefficient (Wildman–Crippen LogP) is 3.84. The van der Waals surface area contributed by atoms with Gasteiger partial charge in [0.15, 0.2) is 5.78 Å². The molecule has 0 spiro atoms. The summed E-state index contributed by atoms with van der Waals surface area (Å²) in [5.74, 6) is -2.80. The first-order valence-corrected chi connectivity index (χ1v) is 9.35. The zero-order valence-electron chi connectivity index (χ0n) is 15.7. The van der Waals surface area contributed by atoms with Crippen LogP contribution in [-0.2, 0) is 0 Å². The SMILES string of the molecule is CCOc1cccc(C2NC(=O)NC(O)(C(F)(F)F)C2C(=O)c2ccc(Cl)cc2)c1. The van der Waals surface area contributed by atoms with Crippen molar-refractivity contribution in [3.63, 3.8) is 0 Å². The molecule has 30 heavy (non-hydrogen) atoms. The zero-order valence-corrected chi connectivity index (χ0v) is 16.4. The third-order valence-corrected chi connectivity index (χ3v) is 5.00. The summed E-state index contributed by atoms with van der Waals surface area (Å²) in [7, 11) is 0. The first-order valence-electron chi connectivity index (χ1n) is 8.97. The first-order chi connectivity index (χ1) is 14.1. The molecule has 0 aromatic heterocycles. The maximum atomic E-state index is 13.9. The average Bonchev–Trinajstić information content (AvgIpc) is 2.67. The number of aliphatic hydroxyl groups is 1. The van der Waals surface area contributed by atoms with Crippen LogP contribution < -0.4 is 15.4 Å². The van der Waals surface area contributed by atoms with Crippen LogP contribution in [0.15, 0.2) is 48.5 Å². The van der Waals surface area contributed by atoms with E-state index in [1.165, 1.54) is 47.8 Å². The van der Waals surface area contributed by atoms with Crippen LogP contribution in [0.5, 0.6) is 5.75 Å². The smallest absolute Gasteiger partial charge is 0.437 e. The number of nitrogens with one attached hydrogen (secondary N) is 2. The van der Waals surface area contributed by atoms with Gasteiger partial charge >= 0.3 is 12.2 Å². The van der Waals surface area contributed by atoms with Crippen molar-refractivity contribution < 1.29 is 32.6 Å². The van der Waals surface area contributed by atoms with Crippen LogP contribution in [0, 0.1) is 5.92 Å². The second-order valence-corrected chi connectivity index (χ2v) is 7.13. The number of hydrogen-bond acceptors (Lipinski definition) is 4. The van der Waals surface area contributed by atoms with Gasteiger partial charge in [-0.05, 0) is 48.9 Å². The molecule has 0 bridgehead atoms. The normalized spacial score (nSPS) is 24.0. The van der Waals surface area contributed by atoms with Crippen molar-refractivity contribution >= 4 is 23.4 Å². The average molecular weight is 443 g/mol. The summed E-state index contributed by atoms with van der Waals surface area (Å²) in [6.07, 6.45) is -5.33. The van der Waals surface area contributed by atoms with Crippen LogP contribution in [0.25, 0.3) is 0 Å². The van der Waals surface area contributed by atoms with Gasteiger partial charge < -0.3 is 20.5 Å². The Balaban J connectivity index is 2.14. The number of hydrogen-bond donors (Lipinski definition) is 3. The number of urea groups is 1. The summed E-state index contributed by atoms with van der Waals surface area (Å²) >= 11 is 5.80. The number of Topliss-reactive ketones (excluding diaryl/α,β-unsaturated/α-hetero) is 1. The van der Waals surface area contributed by atoms with E-state index in [1.807, 2.05) is 0 Å². The van der Waals surface area contributed by atoms with Crippen LogP contribution in [-0.4, -0.2) is 35.4 Å². The highest BCUT2D eigenvalue weighted by Crippen LogP contribution is 2.44. The van der Waals surface area contributed by atoms with Gasteiger partial charge in [0, 0.05) is 10.6 Å². The van der Waals surface area contributed by atoms with Gasteiger partial charge in [-0.3, -0.25) is 4.79 Å². The lowest BCUT2D eigenvalue weighted by Crippen LogP contribution is -2.72. The first kappa shape index (κ1) is 21.9. The molecule has 3 N–H and O–H groups in total. The second-order valence-electron chi connectivity index (χ2n) is 6.69. The number of alkyl halides is 3. The Kier molecular flexibility index (Phi) is 5.96.